The fraction of sp³-hybridized carbons (Fsp3) is 0.182. The predicted octanol–water partition coefficient (Wildman–Crippen LogP) is 5.06. The van der Waals surface area contributed by atoms with E-state index in [9.17, 15) is 9.18 Å². The number of aromatic amines is 1. The second-order valence-corrected chi connectivity index (χ2v) is 8.04. The summed E-state index contributed by atoms with van der Waals surface area (Å²) in [5.74, 6) is 0.729. The number of hydrogen-bond donors (Lipinski definition) is 1. The van der Waals surface area contributed by atoms with Crippen LogP contribution in [0.3, 0.4) is 0 Å². The molecule has 5 heteroatoms. The lowest BCUT2D eigenvalue weighted by atomic mass is 9.83. The number of thiophene rings is 1. The molecule has 1 aliphatic rings. The maximum Gasteiger partial charge on any atom is 0.268 e. The quantitative estimate of drug-likeness (QED) is 0.531. The van der Waals surface area contributed by atoms with Crippen molar-refractivity contribution in [1.29, 1.82) is 0 Å². The molecule has 3 nitrogen and oxygen atoms in total. The van der Waals surface area contributed by atoms with Crippen LogP contribution in [0.5, 0.6) is 0 Å². The van der Waals surface area contributed by atoms with Gasteiger partial charge in [0.25, 0.3) is 5.56 Å². The van der Waals surface area contributed by atoms with Gasteiger partial charge >= 0.3 is 0 Å². The van der Waals surface area contributed by atoms with Crippen molar-refractivity contribution < 1.29 is 4.39 Å². The number of nitrogens with zero attached hydrogens (tertiary/aromatic N) is 1. The van der Waals surface area contributed by atoms with Gasteiger partial charge in [-0.15, -0.1) is 11.3 Å². The molecule has 27 heavy (non-hydrogen) atoms. The third-order valence-corrected chi connectivity index (χ3v) is 6.44. The first kappa shape index (κ1) is 16.4. The standard InChI is InChI=1S/C22H17FN2OS/c23-17-9-7-14(8-10-17)19-12-18-20(27-19)22(26)25-21(24-18)16-6-5-13-3-1-2-4-15(13)11-16/h1-4,7-10,12,16H,5-6,11H2,(H,24,25,26). The number of fused-ring (bicyclic) bond motifs is 2. The number of halogens is 1. The summed E-state index contributed by atoms with van der Waals surface area (Å²) in [6, 6.07) is 16.7. The normalized spacial score (nSPS) is 16.4. The van der Waals surface area contributed by atoms with Gasteiger partial charge in [0.1, 0.15) is 16.3 Å². The summed E-state index contributed by atoms with van der Waals surface area (Å²) in [7, 11) is 0. The Kier molecular flexibility index (Phi) is 3.90. The molecule has 1 atom stereocenters. The van der Waals surface area contributed by atoms with E-state index in [1.54, 1.807) is 12.1 Å². The van der Waals surface area contributed by atoms with Crippen LogP contribution in [0.4, 0.5) is 4.39 Å². The molecule has 0 radical (unpaired) electrons. The highest BCUT2D eigenvalue weighted by Crippen LogP contribution is 2.34. The van der Waals surface area contributed by atoms with Gasteiger partial charge in [-0.25, -0.2) is 9.37 Å². The van der Waals surface area contributed by atoms with Gasteiger partial charge in [0.05, 0.1) is 5.52 Å². The predicted molar refractivity (Wildman–Crippen MR) is 107 cm³/mol. The van der Waals surface area contributed by atoms with Crippen LogP contribution < -0.4 is 5.56 Å². The van der Waals surface area contributed by atoms with Crippen LogP contribution in [0, 0.1) is 5.82 Å². The van der Waals surface area contributed by atoms with Gasteiger partial charge in [-0.3, -0.25) is 4.79 Å². The Morgan fingerprint density at radius 1 is 1.07 bits per heavy atom. The van der Waals surface area contributed by atoms with Crippen molar-refractivity contribution in [2.75, 3.05) is 0 Å². The Morgan fingerprint density at radius 2 is 1.85 bits per heavy atom. The number of nitrogens with one attached hydrogen (secondary N) is 1. The second-order valence-electron chi connectivity index (χ2n) is 6.99. The Hall–Kier alpha value is -2.79. The highest BCUT2D eigenvalue weighted by molar-refractivity contribution is 7.22. The molecule has 2 aromatic heterocycles. The van der Waals surface area contributed by atoms with Crippen molar-refractivity contribution in [3.63, 3.8) is 0 Å². The van der Waals surface area contributed by atoms with Crippen LogP contribution in [-0.2, 0) is 12.8 Å². The average molecular weight is 376 g/mol. The van der Waals surface area contributed by atoms with E-state index >= 15 is 0 Å². The third-order valence-electron chi connectivity index (χ3n) is 5.26. The Balaban J connectivity index is 1.53. The molecule has 0 saturated carbocycles. The van der Waals surface area contributed by atoms with Gasteiger partial charge in [0.2, 0.25) is 0 Å². The molecule has 134 valence electrons. The Morgan fingerprint density at radius 3 is 2.67 bits per heavy atom. The third kappa shape index (κ3) is 2.98. The monoisotopic (exact) mass is 376 g/mol. The van der Waals surface area contributed by atoms with E-state index < -0.39 is 0 Å². The van der Waals surface area contributed by atoms with Crippen molar-refractivity contribution >= 4 is 21.6 Å². The van der Waals surface area contributed by atoms with E-state index in [2.05, 4.69) is 29.2 Å². The minimum absolute atomic E-state index is 0.0905. The van der Waals surface area contributed by atoms with Crippen molar-refractivity contribution in [2.24, 2.45) is 0 Å². The number of benzene rings is 2. The topological polar surface area (TPSA) is 45.8 Å². The SMILES string of the molecule is O=c1[nH]c(C2CCc3ccccc3C2)nc2cc(-c3ccc(F)cc3)sc12. The van der Waals surface area contributed by atoms with Crippen molar-refractivity contribution in [2.45, 2.75) is 25.2 Å². The smallest absolute Gasteiger partial charge is 0.268 e. The summed E-state index contributed by atoms with van der Waals surface area (Å²) in [5, 5.41) is 0. The van der Waals surface area contributed by atoms with Crippen molar-refractivity contribution in [1.82, 2.24) is 9.97 Å². The lowest BCUT2D eigenvalue weighted by Gasteiger charge is -2.23. The van der Waals surface area contributed by atoms with Gasteiger partial charge in [-0.2, -0.15) is 0 Å². The first-order chi connectivity index (χ1) is 13.2. The zero-order valence-corrected chi connectivity index (χ0v) is 15.4. The Labute approximate surface area is 159 Å². The van der Waals surface area contributed by atoms with Gasteiger partial charge in [-0.05, 0) is 54.2 Å². The molecule has 1 unspecified atom stereocenters. The number of aryl methyl sites for hydroxylation is 1. The fourth-order valence-corrected chi connectivity index (χ4v) is 4.84. The number of aromatic nitrogens is 2. The maximum absolute atomic E-state index is 13.2. The molecule has 0 fully saturated rings. The van der Waals surface area contributed by atoms with Crippen molar-refractivity contribution in [3.05, 3.63) is 87.7 Å². The first-order valence-electron chi connectivity index (χ1n) is 9.04. The molecule has 2 aromatic carbocycles. The maximum atomic E-state index is 13.2. The van der Waals surface area contributed by atoms with E-state index in [0.717, 1.165) is 41.0 Å². The second kappa shape index (κ2) is 6.43. The summed E-state index contributed by atoms with van der Waals surface area (Å²) < 4.78 is 13.8. The molecule has 5 rings (SSSR count). The number of hydrogen-bond acceptors (Lipinski definition) is 3. The van der Waals surface area contributed by atoms with Gasteiger partial charge < -0.3 is 4.98 Å². The van der Waals surface area contributed by atoms with E-state index in [0.29, 0.717) is 4.70 Å². The summed E-state index contributed by atoms with van der Waals surface area (Å²) in [5.41, 5.74) is 4.26. The van der Waals surface area contributed by atoms with Crippen LogP contribution >= 0.6 is 11.3 Å². The van der Waals surface area contributed by atoms with Crippen molar-refractivity contribution in [3.8, 4) is 10.4 Å². The van der Waals surface area contributed by atoms with E-state index in [-0.39, 0.29) is 17.3 Å². The number of H-pyrrole nitrogens is 1. The van der Waals surface area contributed by atoms with Crippen LogP contribution in [0.25, 0.3) is 20.7 Å². The highest BCUT2D eigenvalue weighted by atomic mass is 32.1. The highest BCUT2D eigenvalue weighted by Gasteiger charge is 2.23. The molecule has 4 aromatic rings. The summed E-state index contributed by atoms with van der Waals surface area (Å²) in [4.78, 5) is 21.4. The number of rotatable bonds is 2. The first-order valence-corrected chi connectivity index (χ1v) is 9.85. The molecule has 0 spiro atoms. The minimum Gasteiger partial charge on any atom is -0.309 e. The molecular formula is C22H17FN2OS. The van der Waals surface area contributed by atoms with E-state index in [1.165, 1.54) is 34.6 Å². The molecule has 2 heterocycles. The molecular weight excluding hydrogens is 359 g/mol. The average Bonchev–Trinajstić information content (AvgIpc) is 3.13. The minimum atomic E-state index is -0.268. The summed E-state index contributed by atoms with van der Waals surface area (Å²) in [6.45, 7) is 0. The molecule has 0 amide bonds. The van der Waals surface area contributed by atoms with Crippen LogP contribution in [0.1, 0.15) is 29.3 Å². The Bertz CT molecular complexity index is 1190. The fourth-order valence-electron chi connectivity index (χ4n) is 3.84. The van der Waals surface area contributed by atoms with Crippen LogP contribution in [0.2, 0.25) is 0 Å². The zero-order chi connectivity index (χ0) is 18.4. The van der Waals surface area contributed by atoms with E-state index in [4.69, 9.17) is 4.98 Å². The molecule has 0 bridgehead atoms. The van der Waals surface area contributed by atoms with Gasteiger partial charge in [0.15, 0.2) is 0 Å². The zero-order valence-electron chi connectivity index (χ0n) is 14.5. The molecule has 1 aliphatic carbocycles. The lowest BCUT2D eigenvalue weighted by molar-refractivity contribution is 0.556. The largest absolute Gasteiger partial charge is 0.309 e. The summed E-state index contributed by atoms with van der Waals surface area (Å²) in [6.07, 6.45) is 2.90. The van der Waals surface area contributed by atoms with E-state index in [1.807, 2.05) is 6.07 Å². The van der Waals surface area contributed by atoms with Crippen LogP contribution in [0.15, 0.2) is 59.4 Å². The lowest BCUT2D eigenvalue weighted by Crippen LogP contribution is -2.19. The molecule has 0 saturated heterocycles. The molecule has 0 aliphatic heterocycles. The van der Waals surface area contributed by atoms with Gasteiger partial charge in [-0.1, -0.05) is 36.4 Å². The van der Waals surface area contributed by atoms with Crippen LogP contribution in [-0.4, -0.2) is 9.97 Å². The molecule has 1 N–H and O–H groups in total. The van der Waals surface area contributed by atoms with Gasteiger partial charge in [0, 0.05) is 10.8 Å². The summed E-state index contributed by atoms with van der Waals surface area (Å²) >= 11 is 1.40.